The third-order valence-electron chi connectivity index (χ3n) is 4.64. The van der Waals surface area contributed by atoms with Crippen LogP contribution in [0, 0.1) is 11.2 Å². The molecule has 1 N–H and O–H groups in total. The Morgan fingerprint density at radius 1 is 0.846 bits per heavy atom. The molecule has 3 rings (SSSR count). The van der Waals surface area contributed by atoms with E-state index in [0.717, 1.165) is 43.2 Å². The number of benzene rings is 2. The lowest BCUT2D eigenvalue weighted by Crippen LogP contribution is -2.46. The average molecular weight is 355 g/mol. The summed E-state index contributed by atoms with van der Waals surface area (Å²) in [5, 5.41) is 2.95. The summed E-state index contributed by atoms with van der Waals surface area (Å²) in [6.07, 6.45) is 0. The summed E-state index contributed by atoms with van der Waals surface area (Å²) in [5.74, 6) is -0.191. The molecule has 0 aliphatic carbocycles. The van der Waals surface area contributed by atoms with Crippen LogP contribution < -0.4 is 15.1 Å². The number of halogens is 1. The van der Waals surface area contributed by atoms with Gasteiger partial charge in [-0.15, -0.1) is 0 Å². The first-order valence-corrected chi connectivity index (χ1v) is 9.00. The Morgan fingerprint density at radius 2 is 1.27 bits per heavy atom. The normalized spacial score (nSPS) is 15.1. The van der Waals surface area contributed by atoms with Gasteiger partial charge in [-0.3, -0.25) is 4.79 Å². The van der Waals surface area contributed by atoms with Crippen LogP contribution in [0.3, 0.4) is 0 Å². The first-order valence-electron chi connectivity index (χ1n) is 9.00. The smallest absolute Gasteiger partial charge is 0.229 e. The lowest BCUT2D eigenvalue weighted by Gasteiger charge is -2.37. The van der Waals surface area contributed by atoms with Crippen LogP contribution in [0.5, 0.6) is 0 Å². The fourth-order valence-electron chi connectivity index (χ4n) is 2.95. The van der Waals surface area contributed by atoms with Crippen LogP contribution in [-0.2, 0) is 4.79 Å². The van der Waals surface area contributed by atoms with Gasteiger partial charge in [0.05, 0.1) is 0 Å². The Hall–Kier alpha value is -2.56. The van der Waals surface area contributed by atoms with Crippen LogP contribution in [0.25, 0.3) is 0 Å². The third-order valence-corrected chi connectivity index (χ3v) is 4.64. The Labute approximate surface area is 154 Å². The molecule has 1 fully saturated rings. The summed E-state index contributed by atoms with van der Waals surface area (Å²) >= 11 is 0. The first-order chi connectivity index (χ1) is 12.3. The van der Waals surface area contributed by atoms with Gasteiger partial charge in [-0.25, -0.2) is 4.39 Å². The highest BCUT2D eigenvalue weighted by atomic mass is 19.1. The van der Waals surface area contributed by atoms with Crippen molar-refractivity contribution in [3.63, 3.8) is 0 Å². The molecular weight excluding hydrogens is 329 g/mol. The highest BCUT2D eigenvalue weighted by molar-refractivity contribution is 5.94. The van der Waals surface area contributed by atoms with E-state index in [-0.39, 0.29) is 11.7 Å². The van der Waals surface area contributed by atoms with E-state index in [0.29, 0.717) is 0 Å². The zero-order valence-corrected chi connectivity index (χ0v) is 15.6. The number of hydrogen-bond donors (Lipinski definition) is 1. The van der Waals surface area contributed by atoms with Gasteiger partial charge in [0.1, 0.15) is 5.82 Å². The molecule has 4 nitrogen and oxygen atoms in total. The van der Waals surface area contributed by atoms with Gasteiger partial charge in [0.2, 0.25) is 5.91 Å². The SMILES string of the molecule is CC(C)(C)C(=O)Nc1ccc(N2CCN(c3ccc(F)cc3)CC2)cc1. The second-order valence-corrected chi connectivity index (χ2v) is 7.70. The largest absolute Gasteiger partial charge is 0.368 e. The van der Waals surface area contributed by atoms with E-state index < -0.39 is 5.41 Å². The molecule has 1 heterocycles. The van der Waals surface area contributed by atoms with E-state index in [1.54, 1.807) is 0 Å². The number of nitrogens with one attached hydrogen (secondary N) is 1. The molecule has 1 aliphatic heterocycles. The molecule has 26 heavy (non-hydrogen) atoms. The van der Waals surface area contributed by atoms with Gasteiger partial charge in [0.15, 0.2) is 0 Å². The van der Waals surface area contributed by atoms with Crippen molar-refractivity contribution in [3.8, 4) is 0 Å². The van der Waals surface area contributed by atoms with Crippen molar-refractivity contribution in [2.45, 2.75) is 20.8 Å². The topological polar surface area (TPSA) is 35.6 Å². The summed E-state index contributed by atoms with van der Waals surface area (Å²) in [4.78, 5) is 16.7. The van der Waals surface area contributed by atoms with Crippen molar-refractivity contribution in [3.05, 3.63) is 54.3 Å². The molecule has 1 amide bonds. The highest BCUT2D eigenvalue weighted by Gasteiger charge is 2.21. The van der Waals surface area contributed by atoms with Crippen LogP contribution >= 0.6 is 0 Å². The second-order valence-electron chi connectivity index (χ2n) is 7.70. The lowest BCUT2D eigenvalue weighted by molar-refractivity contribution is -0.123. The number of hydrogen-bond acceptors (Lipinski definition) is 3. The zero-order valence-electron chi connectivity index (χ0n) is 15.6. The molecular formula is C21H26FN3O. The Balaban J connectivity index is 1.58. The summed E-state index contributed by atoms with van der Waals surface area (Å²) in [6, 6.07) is 14.7. The first kappa shape index (κ1) is 18.2. The van der Waals surface area contributed by atoms with Crippen LogP contribution in [-0.4, -0.2) is 32.1 Å². The quantitative estimate of drug-likeness (QED) is 0.899. The number of anilines is 3. The van der Waals surface area contributed by atoms with Crippen LogP contribution in [0.15, 0.2) is 48.5 Å². The van der Waals surface area contributed by atoms with Crippen molar-refractivity contribution in [1.82, 2.24) is 0 Å². The average Bonchev–Trinajstić information content (AvgIpc) is 2.62. The van der Waals surface area contributed by atoms with Gasteiger partial charge in [-0.1, -0.05) is 20.8 Å². The van der Waals surface area contributed by atoms with E-state index in [9.17, 15) is 9.18 Å². The van der Waals surface area contributed by atoms with Crippen molar-refractivity contribution < 1.29 is 9.18 Å². The molecule has 2 aromatic carbocycles. The molecule has 0 unspecified atom stereocenters. The van der Waals surface area contributed by atoms with Crippen molar-refractivity contribution in [1.29, 1.82) is 0 Å². The molecule has 0 saturated carbocycles. The molecule has 138 valence electrons. The number of carbonyl (C=O) groups is 1. The molecule has 1 aliphatic rings. The maximum absolute atomic E-state index is 13.1. The molecule has 1 saturated heterocycles. The molecule has 5 heteroatoms. The van der Waals surface area contributed by atoms with E-state index in [1.165, 1.54) is 12.1 Å². The van der Waals surface area contributed by atoms with E-state index in [1.807, 2.05) is 57.2 Å². The Morgan fingerprint density at radius 3 is 1.69 bits per heavy atom. The number of nitrogens with zero attached hydrogens (tertiary/aromatic N) is 2. The minimum atomic E-state index is -0.407. The molecule has 2 aromatic rings. The van der Waals surface area contributed by atoms with Crippen LogP contribution in [0.1, 0.15) is 20.8 Å². The zero-order chi connectivity index (χ0) is 18.7. The van der Waals surface area contributed by atoms with E-state index in [2.05, 4.69) is 15.1 Å². The molecule has 0 spiro atoms. The molecule has 0 atom stereocenters. The van der Waals surface area contributed by atoms with Crippen molar-refractivity contribution in [2.75, 3.05) is 41.3 Å². The van der Waals surface area contributed by atoms with Crippen LogP contribution in [0.2, 0.25) is 0 Å². The predicted octanol–water partition coefficient (Wildman–Crippen LogP) is 4.14. The molecule has 0 bridgehead atoms. The monoisotopic (exact) mass is 355 g/mol. The van der Waals surface area contributed by atoms with Gasteiger partial charge in [-0.2, -0.15) is 0 Å². The van der Waals surface area contributed by atoms with Crippen LogP contribution in [0.4, 0.5) is 21.5 Å². The molecule has 0 aromatic heterocycles. The fraction of sp³-hybridized carbons (Fsp3) is 0.381. The number of piperazine rings is 1. The maximum Gasteiger partial charge on any atom is 0.229 e. The van der Waals surface area contributed by atoms with E-state index >= 15 is 0 Å². The number of amides is 1. The van der Waals surface area contributed by atoms with E-state index in [4.69, 9.17) is 0 Å². The summed E-state index contributed by atoms with van der Waals surface area (Å²) in [6.45, 7) is 9.31. The lowest BCUT2D eigenvalue weighted by atomic mass is 9.95. The van der Waals surface area contributed by atoms with Gasteiger partial charge in [0, 0.05) is 48.7 Å². The number of carbonyl (C=O) groups excluding carboxylic acids is 1. The predicted molar refractivity (Wildman–Crippen MR) is 105 cm³/mol. The summed E-state index contributed by atoms with van der Waals surface area (Å²) in [7, 11) is 0. The minimum Gasteiger partial charge on any atom is -0.368 e. The third kappa shape index (κ3) is 4.34. The highest BCUT2D eigenvalue weighted by Crippen LogP contribution is 2.23. The minimum absolute atomic E-state index is 0.0122. The Kier molecular flexibility index (Phi) is 5.16. The Bertz CT molecular complexity index is 742. The summed E-state index contributed by atoms with van der Waals surface area (Å²) < 4.78 is 13.1. The number of rotatable bonds is 3. The fourth-order valence-corrected chi connectivity index (χ4v) is 2.95. The van der Waals surface area contributed by atoms with Gasteiger partial charge >= 0.3 is 0 Å². The van der Waals surface area contributed by atoms with Crippen molar-refractivity contribution >= 4 is 23.0 Å². The van der Waals surface area contributed by atoms with Gasteiger partial charge < -0.3 is 15.1 Å². The van der Waals surface area contributed by atoms with Crippen molar-refractivity contribution in [2.24, 2.45) is 5.41 Å². The standard InChI is InChI=1S/C21H26FN3O/c1-21(2,3)20(26)23-17-6-10-19(11-7-17)25-14-12-24(13-15-25)18-8-4-16(22)5-9-18/h4-11H,12-15H2,1-3H3,(H,23,26). The van der Waals surface area contributed by atoms with Gasteiger partial charge in [-0.05, 0) is 48.5 Å². The summed E-state index contributed by atoms with van der Waals surface area (Å²) in [5.41, 5.74) is 2.62. The van der Waals surface area contributed by atoms with Gasteiger partial charge in [0.25, 0.3) is 0 Å². The second kappa shape index (κ2) is 7.36. The maximum atomic E-state index is 13.1. The molecule has 0 radical (unpaired) electrons.